The second kappa shape index (κ2) is 7.66. The molecule has 132 valence electrons. The molecule has 2 aromatic carbocycles. The first-order chi connectivity index (χ1) is 12.5. The highest BCUT2D eigenvalue weighted by Crippen LogP contribution is 2.33. The number of rotatable bonds is 6. The number of benzene rings is 2. The zero-order valence-electron chi connectivity index (χ0n) is 14.0. The highest BCUT2D eigenvalue weighted by atomic mass is 79.9. The van der Waals surface area contributed by atoms with Crippen molar-refractivity contribution in [2.75, 3.05) is 7.11 Å². The lowest BCUT2D eigenvalue weighted by molar-refractivity contribution is -0.139. The van der Waals surface area contributed by atoms with E-state index in [2.05, 4.69) is 15.9 Å². The Labute approximate surface area is 159 Å². The molecule has 0 N–H and O–H groups in total. The Hall–Kier alpha value is -2.73. The third-order valence-electron chi connectivity index (χ3n) is 4.14. The zero-order valence-corrected chi connectivity index (χ0v) is 15.5. The molecule has 3 rings (SSSR count). The topological polar surface area (TPSA) is 63.7 Å². The fourth-order valence-electron chi connectivity index (χ4n) is 2.86. The van der Waals surface area contributed by atoms with Crippen LogP contribution in [0.1, 0.15) is 22.0 Å². The molecule has 0 saturated heterocycles. The molecule has 0 unspecified atom stereocenters. The van der Waals surface area contributed by atoms with Gasteiger partial charge in [-0.1, -0.05) is 58.4 Å². The fraction of sp³-hybridized carbons (Fsp3) is 0.150. The van der Waals surface area contributed by atoms with Crippen molar-refractivity contribution in [1.29, 1.82) is 0 Å². The number of hydrogen-bond donors (Lipinski definition) is 0. The smallest absolute Gasteiger partial charge is 0.254 e. The summed E-state index contributed by atoms with van der Waals surface area (Å²) < 4.78 is 5.17. The number of alkyl halides is 1. The van der Waals surface area contributed by atoms with Gasteiger partial charge in [0, 0.05) is 17.7 Å². The Balaban J connectivity index is 1.99. The molecule has 5 nitrogen and oxygen atoms in total. The van der Waals surface area contributed by atoms with E-state index in [1.807, 2.05) is 6.07 Å². The molecule has 2 amide bonds. The fourth-order valence-corrected chi connectivity index (χ4v) is 3.67. The van der Waals surface area contributed by atoms with Gasteiger partial charge in [0.1, 0.15) is 10.6 Å². The third kappa shape index (κ3) is 3.46. The molecular formula is C20H16BrNO4. The van der Waals surface area contributed by atoms with Gasteiger partial charge < -0.3 is 4.74 Å². The van der Waals surface area contributed by atoms with Crippen molar-refractivity contribution in [2.24, 2.45) is 0 Å². The van der Waals surface area contributed by atoms with Crippen LogP contribution in [-0.2, 0) is 9.59 Å². The van der Waals surface area contributed by atoms with E-state index in [9.17, 15) is 14.4 Å². The summed E-state index contributed by atoms with van der Waals surface area (Å²) in [5.74, 6) is -0.564. The number of carbonyl (C=O) groups excluding carboxylic acids is 3. The Kier molecular flexibility index (Phi) is 5.32. The molecule has 0 fully saturated rings. The summed E-state index contributed by atoms with van der Waals surface area (Å²) in [7, 11) is 1.52. The molecule has 2 aromatic rings. The van der Waals surface area contributed by atoms with E-state index in [1.165, 1.54) is 19.3 Å². The summed E-state index contributed by atoms with van der Waals surface area (Å²) in [6.45, 7) is 0. The lowest BCUT2D eigenvalue weighted by Crippen LogP contribution is -2.41. The molecule has 0 bridgehead atoms. The summed E-state index contributed by atoms with van der Waals surface area (Å²) in [5.41, 5.74) is 1.12. The molecule has 6 heteroatoms. The monoisotopic (exact) mass is 413 g/mol. The zero-order chi connectivity index (χ0) is 18.7. The predicted octanol–water partition coefficient (Wildman–Crippen LogP) is 3.31. The number of Topliss-reactive ketones (excluding diaryl/α,β-unsaturated/α-hetero) is 1. The lowest BCUT2D eigenvalue weighted by atomic mass is 9.96. The van der Waals surface area contributed by atoms with Gasteiger partial charge in [0.15, 0.2) is 5.78 Å². The highest BCUT2D eigenvalue weighted by Gasteiger charge is 2.39. The number of ether oxygens (including phenoxy) is 1. The van der Waals surface area contributed by atoms with Crippen molar-refractivity contribution in [3.63, 3.8) is 0 Å². The van der Waals surface area contributed by atoms with Gasteiger partial charge in [-0.05, 0) is 17.7 Å². The van der Waals surface area contributed by atoms with Gasteiger partial charge in [0.2, 0.25) is 0 Å². The quantitative estimate of drug-likeness (QED) is 0.414. The summed E-state index contributed by atoms with van der Waals surface area (Å²) in [6.07, 6.45) is 2.43. The first-order valence-corrected chi connectivity index (χ1v) is 8.87. The van der Waals surface area contributed by atoms with E-state index >= 15 is 0 Å². The van der Waals surface area contributed by atoms with Crippen LogP contribution in [0, 0.1) is 0 Å². The summed E-state index contributed by atoms with van der Waals surface area (Å²) in [4.78, 5) is 37.8. The number of ketones is 1. The van der Waals surface area contributed by atoms with E-state index < -0.39 is 22.7 Å². The third-order valence-corrected chi connectivity index (χ3v) is 5.06. The molecule has 0 radical (unpaired) electrons. The molecule has 26 heavy (non-hydrogen) atoms. The first-order valence-electron chi connectivity index (χ1n) is 7.95. The average molecular weight is 414 g/mol. The second-order valence-electron chi connectivity index (χ2n) is 5.73. The highest BCUT2D eigenvalue weighted by molar-refractivity contribution is 9.10. The van der Waals surface area contributed by atoms with E-state index in [1.54, 1.807) is 48.5 Å². The SMILES string of the molecule is COc1cccc(C(=O)[C@H](Br)[C@@H](c2ccccc2)N2C(=O)C=CC2=O)c1. The molecule has 1 heterocycles. The number of carbonyl (C=O) groups is 3. The Morgan fingerprint density at radius 2 is 1.65 bits per heavy atom. The van der Waals surface area contributed by atoms with Crippen molar-refractivity contribution >= 4 is 33.5 Å². The average Bonchev–Trinajstić information content (AvgIpc) is 3.01. The maximum atomic E-state index is 13.0. The Morgan fingerprint density at radius 1 is 1.00 bits per heavy atom. The molecule has 0 aliphatic carbocycles. The molecule has 1 aliphatic rings. The number of methoxy groups -OCH3 is 1. The Bertz CT molecular complexity index is 860. The Morgan fingerprint density at radius 3 is 2.27 bits per heavy atom. The van der Waals surface area contributed by atoms with Crippen molar-refractivity contribution in [1.82, 2.24) is 4.90 Å². The van der Waals surface area contributed by atoms with Gasteiger partial charge in [-0.2, -0.15) is 0 Å². The van der Waals surface area contributed by atoms with E-state index in [4.69, 9.17) is 4.74 Å². The number of nitrogens with zero attached hydrogens (tertiary/aromatic N) is 1. The van der Waals surface area contributed by atoms with Crippen molar-refractivity contribution in [3.05, 3.63) is 77.9 Å². The van der Waals surface area contributed by atoms with E-state index in [-0.39, 0.29) is 5.78 Å². The van der Waals surface area contributed by atoms with Crippen molar-refractivity contribution < 1.29 is 19.1 Å². The number of hydrogen-bond acceptors (Lipinski definition) is 4. The number of halogens is 1. The number of imide groups is 1. The van der Waals surface area contributed by atoms with Crippen LogP contribution < -0.4 is 4.74 Å². The maximum Gasteiger partial charge on any atom is 0.254 e. The van der Waals surface area contributed by atoms with Gasteiger partial charge in [-0.3, -0.25) is 19.3 Å². The van der Waals surface area contributed by atoms with Crippen molar-refractivity contribution in [2.45, 2.75) is 10.9 Å². The summed E-state index contributed by atoms with van der Waals surface area (Å²) in [5, 5.41) is 0. The summed E-state index contributed by atoms with van der Waals surface area (Å²) >= 11 is 3.43. The van der Waals surface area contributed by atoms with Crippen LogP contribution in [0.4, 0.5) is 0 Å². The van der Waals surface area contributed by atoms with Gasteiger partial charge in [-0.25, -0.2) is 0 Å². The van der Waals surface area contributed by atoms with Gasteiger partial charge >= 0.3 is 0 Å². The normalized spacial score (nSPS) is 15.8. The molecule has 0 saturated carbocycles. The largest absolute Gasteiger partial charge is 0.497 e. The van der Waals surface area contributed by atoms with Gasteiger partial charge in [0.25, 0.3) is 11.8 Å². The van der Waals surface area contributed by atoms with Crippen LogP contribution in [0.2, 0.25) is 0 Å². The molecule has 0 aromatic heterocycles. The minimum absolute atomic E-state index is 0.245. The second-order valence-corrected chi connectivity index (χ2v) is 6.72. The molecule has 1 aliphatic heterocycles. The van der Waals surface area contributed by atoms with E-state index in [0.29, 0.717) is 16.9 Å². The minimum Gasteiger partial charge on any atom is -0.497 e. The molecule has 2 atom stereocenters. The standard InChI is InChI=1S/C20H16BrNO4/c1-26-15-9-5-8-14(12-15)20(25)18(21)19(13-6-3-2-4-7-13)22-16(23)10-11-17(22)24/h2-12,18-19H,1H3/t18-,19-/m1/s1. The lowest BCUT2D eigenvalue weighted by Gasteiger charge is -2.30. The predicted molar refractivity (Wildman–Crippen MR) is 100 cm³/mol. The van der Waals surface area contributed by atoms with E-state index in [0.717, 1.165) is 4.90 Å². The summed E-state index contributed by atoms with van der Waals surface area (Å²) in [6, 6.07) is 15.0. The maximum absolute atomic E-state index is 13.0. The molecular weight excluding hydrogens is 398 g/mol. The van der Waals surface area contributed by atoms with Crippen LogP contribution in [0.25, 0.3) is 0 Å². The first kappa shape index (κ1) is 18.1. The van der Waals surface area contributed by atoms with Crippen LogP contribution >= 0.6 is 15.9 Å². The van der Waals surface area contributed by atoms with Crippen LogP contribution in [-0.4, -0.2) is 34.4 Å². The van der Waals surface area contributed by atoms with Crippen LogP contribution in [0.3, 0.4) is 0 Å². The molecule has 0 spiro atoms. The van der Waals surface area contributed by atoms with Gasteiger partial charge in [-0.15, -0.1) is 0 Å². The minimum atomic E-state index is -0.801. The van der Waals surface area contributed by atoms with Gasteiger partial charge in [0.05, 0.1) is 13.2 Å². The number of amides is 2. The van der Waals surface area contributed by atoms with Crippen LogP contribution in [0.5, 0.6) is 5.75 Å². The van der Waals surface area contributed by atoms with Crippen molar-refractivity contribution in [3.8, 4) is 5.75 Å². The van der Waals surface area contributed by atoms with Crippen LogP contribution in [0.15, 0.2) is 66.7 Å².